The highest BCUT2D eigenvalue weighted by Crippen LogP contribution is 2.34. The lowest BCUT2D eigenvalue weighted by Crippen LogP contribution is -2.13. The fourth-order valence-electron chi connectivity index (χ4n) is 6.26. The number of pyridine rings is 1. The highest BCUT2D eigenvalue weighted by Gasteiger charge is 2.20. The molecule has 0 aliphatic heterocycles. The monoisotopic (exact) mass is 640 g/mol. The number of rotatable bonds is 14. The molecule has 0 spiro atoms. The van der Waals surface area contributed by atoms with Gasteiger partial charge in [0.2, 0.25) is 0 Å². The zero-order chi connectivity index (χ0) is 34.1. The Bertz CT molecular complexity index is 1800. The molecule has 4 heteroatoms. The average Bonchev–Trinajstić information content (AvgIpc) is 3.03. The molecule has 0 amide bonds. The number of aromatic nitrogens is 1. The summed E-state index contributed by atoms with van der Waals surface area (Å²) in [6.45, 7) is 19.9. The van der Waals surface area contributed by atoms with Gasteiger partial charge in [-0.2, -0.15) is 5.26 Å². The lowest BCUT2D eigenvalue weighted by molar-refractivity contribution is 0.0980. The minimum Gasteiger partial charge on any atom is -0.294 e. The van der Waals surface area contributed by atoms with Gasteiger partial charge in [0, 0.05) is 23.9 Å². The Labute approximate surface area is 285 Å². The van der Waals surface area contributed by atoms with Crippen molar-refractivity contribution in [3.8, 4) is 17.2 Å². The van der Waals surface area contributed by atoms with Crippen molar-refractivity contribution in [3.05, 3.63) is 137 Å². The van der Waals surface area contributed by atoms with Crippen LogP contribution in [-0.2, 0) is 19.3 Å². The molecule has 3 nitrogen and oxygen atoms in total. The van der Waals surface area contributed by atoms with E-state index < -0.39 is 0 Å². The number of carbonyl (C=O) groups is 1. The van der Waals surface area contributed by atoms with Crippen molar-refractivity contribution in [2.24, 2.45) is 11.3 Å². The number of nitrogens with zero attached hydrogens (tertiary/aromatic N) is 2. The van der Waals surface area contributed by atoms with Crippen molar-refractivity contribution < 1.29 is 4.79 Å². The second-order valence-corrected chi connectivity index (χ2v) is 14.8. The second kappa shape index (κ2) is 16.1. The smallest absolute Gasteiger partial charge is 0.163 e. The van der Waals surface area contributed by atoms with Gasteiger partial charge in [-0.3, -0.25) is 9.78 Å². The number of Topliss-reactive ketones (excluding diaryl/α,β-unsaturated/α-hetero) is 1. The number of hydrogen-bond donors (Lipinski definition) is 0. The van der Waals surface area contributed by atoms with Gasteiger partial charge in [0.1, 0.15) is 0 Å². The summed E-state index contributed by atoms with van der Waals surface area (Å²) in [5, 5.41) is 11.0. The fraction of sp³-hybridized carbons (Fsp3) is 0.326. The summed E-state index contributed by atoms with van der Waals surface area (Å²) < 4.78 is 0. The van der Waals surface area contributed by atoms with Crippen molar-refractivity contribution in [3.63, 3.8) is 0 Å². The maximum atomic E-state index is 14.0. The van der Waals surface area contributed by atoms with Crippen LogP contribution in [-0.4, -0.2) is 10.8 Å². The summed E-state index contributed by atoms with van der Waals surface area (Å²) in [6, 6.07) is 26.6. The molecule has 47 heavy (non-hydrogen) atoms. The molecule has 0 aliphatic rings. The molecule has 0 aliphatic carbocycles. The molecule has 2 unspecified atom stereocenters. The van der Waals surface area contributed by atoms with E-state index in [9.17, 15) is 10.1 Å². The predicted molar refractivity (Wildman–Crippen MR) is 202 cm³/mol. The largest absolute Gasteiger partial charge is 0.294 e. The van der Waals surface area contributed by atoms with E-state index in [-0.39, 0.29) is 11.2 Å². The Morgan fingerprint density at radius 3 is 2.43 bits per heavy atom. The molecule has 0 bridgehead atoms. The number of carbonyl (C=O) groups excluding carboxylic acids is 1. The molecule has 1 aromatic heterocycles. The first kappa shape index (κ1) is 35.7. The molecule has 0 saturated heterocycles. The van der Waals surface area contributed by atoms with Crippen LogP contribution in [0.1, 0.15) is 97.2 Å². The minimum atomic E-state index is 0.119. The Kier molecular flexibility index (Phi) is 12.3. The molecule has 0 radical (unpaired) electrons. The van der Waals surface area contributed by atoms with E-state index in [4.69, 9.17) is 4.98 Å². The van der Waals surface area contributed by atoms with Gasteiger partial charge in [0.15, 0.2) is 5.78 Å². The highest BCUT2D eigenvalue weighted by molar-refractivity contribution is 7.27. The SMILES string of the molecule is C=C(CCc1cccc(P)c1)c1cc(-c2ccccc2C#N)c(C)cc1C(=O)CCCc1cccnc1CC(C)C(=C)CC(C)(C)C. The van der Waals surface area contributed by atoms with Gasteiger partial charge in [-0.15, -0.1) is 9.24 Å². The molecule has 242 valence electrons. The van der Waals surface area contributed by atoms with Gasteiger partial charge in [0.05, 0.1) is 11.6 Å². The number of benzene rings is 3. The molecule has 4 rings (SSSR count). The summed E-state index contributed by atoms with van der Waals surface area (Å²) >= 11 is 0. The Balaban J connectivity index is 1.55. The zero-order valence-electron chi connectivity index (χ0n) is 28.8. The zero-order valence-corrected chi connectivity index (χ0v) is 30.0. The quantitative estimate of drug-likeness (QED) is 0.0783. The Hall–Kier alpha value is -4.12. The second-order valence-electron chi connectivity index (χ2n) is 14.1. The number of nitriles is 1. The molecule has 1 heterocycles. The standard InChI is InChI=1S/C43H49N2OP/c1-29(20-21-33-13-10-17-36(47)25-33)38-26-39(37-18-9-8-14-35(37)28-44)31(3)23-40(38)42(46)19-11-15-34-16-12-22-45-41(34)24-30(2)32(4)27-43(5,6)7/h8-10,12-14,16-18,22-23,25-26,30H,1,4,11,15,19-21,24,27,47H2,2-3,5-7H3. The third-order valence-corrected chi connectivity index (χ3v) is 9.20. The van der Waals surface area contributed by atoms with Gasteiger partial charge in [-0.25, -0.2) is 0 Å². The summed E-state index contributed by atoms with van der Waals surface area (Å²) in [5.74, 6) is 0.456. The van der Waals surface area contributed by atoms with E-state index in [0.717, 1.165) is 77.4 Å². The maximum Gasteiger partial charge on any atom is 0.163 e. The lowest BCUT2D eigenvalue weighted by Gasteiger charge is -2.24. The molecule has 0 fully saturated rings. The van der Waals surface area contributed by atoms with Crippen LogP contribution in [0.15, 0.2) is 97.7 Å². The van der Waals surface area contributed by atoms with Crippen LogP contribution in [0.5, 0.6) is 0 Å². The number of aryl methyl sites for hydroxylation is 3. The van der Waals surface area contributed by atoms with Gasteiger partial charge in [-0.1, -0.05) is 95.0 Å². The van der Waals surface area contributed by atoms with Crippen molar-refractivity contribution in [1.82, 2.24) is 4.98 Å². The van der Waals surface area contributed by atoms with Crippen LogP contribution in [0.4, 0.5) is 0 Å². The molecule has 0 N–H and O–H groups in total. The average molecular weight is 641 g/mol. The first-order valence-electron chi connectivity index (χ1n) is 16.7. The molecule has 3 aromatic carbocycles. The normalized spacial score (nSPS) is 11.9. The van der Waals surface area contributed by atoms with Crippen LogP contribution in [0, 0.1) is 29.6 Å². The summed E-state index contributed by atoms with van der Waals surface area (Å²) in [6.07, 6.45) is 7.23. The summed E-state index contributed by atoms with van der Waals surface area (Å²) in [4.78, 5) is 18.7. The summed E-state index contributed by atoms with van der Waals surface area (Å²) in [5.41, 5.74) is 10.9. The van der Waals surface area contributed by atoms with Gasteiger partial charge in [-0.05, 0) is 125 Å². The minimum absolute atomic E-state index is 0.119. The van der Waals surface area contributed by atoms with Gasteiger partial charge in [0.25, 0.3) is 0 Å². The van der Waals surface area contributed by atoms with E-state index in [1.807, 2.05) is 49.5 Å². The van der Waals surface area contributed by atoms with Crippen molar-refractivity contribution in [2.45, 2.75) is 79.6 Å². The van der Waals surface area contributed by atoms with Crippen molar-refractivity contribution in [2.75, 3.05) is 0 Å². The van der Waals surface area contributed by atoms with Gasteiger partial charge < -0.3 is 0 Å². The first-order chi connectivity index (χ1) is 22.4. The molecular weight excluding hydrogens is 591 g/mol. The van der Waals surface area contributed by atoms with E-state index in [2.05, 4.69) is 92.6 Å². The topological polar surface area (TPSA) is 53.8 Å². The third kappa shape index (κ3) is 9.93. The molecular formula is C43H49N2OP. The Morgan fingerprint density at radius 2 is 1.70 bits per heavy atom. The van der Waals surface area contributed by atoms with E-state index in [1.165, 1.54) is 16.7 Å². The molecule has 2 atom stereocenters. The maximum absolute atomic E-state index is 14.0. The van der Waals surface area contributed by atoms with E-state index >= 15 is 0 Å². The summed E-state index contributed by atoms with van der Waals surface area (Å²) in [7, 11) is 2.76. The fourth-order valence-corrected chi connectivity index (χ4v) is 6.59. The van der Waals surface area contributed by atoms with Crippen LogP contribution in [0.3, 0.4) is 0 Å². The van der Waals surface area contributed by atoms with Crippen LogP contribution >= 0.6 is 9.24 Å². The third-order valence-electron chi connectivity index (χ3n) is 8.84. The lowest BCUT2D eigenvalue weighted by atomic mass is 9.82. The number of ketones is 1. The molecule has 4 aromatic rings. The van der Waals surface area contributed by atoms with Crippen LogP contribution in [0.25, 0.3) is 16.7 Å². The van der Waals surface area contributed by atoms with Crippen molar-refractivity contribution >= 4 is 25.9 Å². The Morgan fingerprint density at radius 1 is 0.936 bits per heavy atom. The highest BCUT2D eigenvalue weighted by atomic mass is 31.0. The van der Waals surface area contributed by atoms with Gasteiger partial charge >= 0.3 is 0 Å². The predicted octanol–water partition coefficient (Wildman–Crippen LogP) is 10.5. The van der Waals surface area contributed by atoms with Crippen LogP contribution in [0.2, 0.25) is 0 Å². The number of hydrogen-bond acceptors (Lipinski definition) is 3. The van der Waals surface area contributed by atoms with E-state index in [1.54, 1.807) is 0 Å². The van der Waals surface area contributed by atoms with E-state index in [0.29, 0.717) is 23.5 Å². The van der Waals surface area contributed by atoms with Crippen LogP contribution < -0.4 is 5.30 Å². The first-order valence-corrected chi connectivity index (χ1v) is 17.2. The molecule has 0 saturated carbocycles. The number of allylic oxidation sites excluding steroid dienone is 2. The van der Waals surface area contributed by atoms with Crippen molar-refractivity contribution in [1.29, 1.82) is 5.26 Å².